The predicted octanol–water partition coefficient (Wildman–Crippen LogP) is 0.859. The predicted molar refractivity (Wildman–Crippen MR) is 99.9 cm³/mol. The number of carbonyl (C=O) groups is 2. The summed E-state index contributed by atoms with van der Waals surface area (Å²) in [6, 6.07) is 7.40. The van der Waals surface area contributed by atoms with Crippen molar-refractivity contribution in [1.29, 1.82) is 0 Å². The van der Waals surface area contributed by atoms with E-state index in [4.69, 9.17) is 4.74 Å². The third-order valence-electron chi connectivity index (χ3n) is 4.79. The summed E-state index contributed by atoms with van der Waals surface area (Å²) in [5.41, 5.74) is 1.85. The second-order valence-electron chi connectivity index (χ2n) is 6.72. The van der Waals surface area contributed by atoms with Gasteiger partial charge in [0.15, 0.2) is 5.75 Å². The maximum Gasteiger partial charge on any atom is 0.331 e. The highest BCUT2D eigenvalue weighted by molar-refractivity contribution is 5.89. The van der Waals surface area contributed by atoms with Crippen LogP contribution in [0.4, 0.5) is 11.6 Å². The van der Waals surface area contributed by atoms with Gasteiger partial charge in [0, 0.05) is 38.6 Å². The smallest absolute Gasteiger partial charge is 0.331 e. The largest absolute Gasteiger partial charge is 0.423 e. The highest BCUT2D eigenvalue weighted by Gasteiger charge is 2.29. The van der Waals surface area contributed by atoms with Crippen LogP contribution < -0.4 is 14.5 Å². The van der Waals surface area contributed by atoms with Gasteiger partial charge in [-0.05, 0) is 30.7 Å². The topological polar surface area (TPSA) is 78.9 Å². The summed E-state index contributed by atoms with van der Waals surface area (Å²) in [5, 5.41) is 0. The molecule has 1 saturated heterocycles. The van der Waals surface area contributed by atoms with Crippen molar-refractivity contribution >= 4 is 23.5 Å². The number of fused-ring (bicyclic) bond motifs is 1. The number of anilines is 2. The molecular weight excluding hydrogens is 346 g/mol. The average Bonchev–Trinajstić information content (AvgIpc) is 2.69. The van der Waals surface area contributed by atoms with E-state index in [2.05, 4.69) is 14.9 Å². The monoisotopic (exact) mass is 367 g/mol. The fourth-order valence-electron chi connectivity index (χ4n) is 3.37. The first-order valence-electron chi connectivity index (χ1n) is 8.96. The minimum Gasteiger partial charge on any atom is -0.423 e. The van der Waals surface area contributed by atoms with Gasteiger partial charge in [0.05, 0.1) is 12.2 Å². The lowest BCUT2D eigenvalue weighted by molar-refractivity contribution is -0.133. The molecule has 0 N–H and O–H groups in total. The Morgan fingerprint density at radius 3 is 2.63 bits per heavy atom. The van der Waals surface area contributed by atoms with E-state index in [1.54, 1.807) is 29.4 Å². The summed E-state index contributed by atoms with van der Waals surface area (Å²) < 4.78 is 5.28. The number of carbonyl (C=O) groups excluding carboxylic acids is 2. The van der Waals surface area contributed by atoms with E-state index in [0.717, 1.165) is 11.3 Å². The van der Waals surface area contributed by atoms with E-state index in [0.29, 0.717) is 37.9 Å². The van der Waals surface area contributed by atoms with Crippen molar-refractivity contribution in [2.45, 2.75) is 6.92 Å². The lowest BCUT2D eigenvalue weighted by Crippen LogP contribution is -2.52. The molecule has 4 rings (SSSR count). The lowest BCUT2D eigenvalue weighted by Gasteiger charge is -2.36. The number of esters is 1. The molecular formula is C19H21N5O3. The van der Waals surface area contributed by atoms with Crippen molar-refractivity contribution in [3.63, 3.8) is 0 Å². The summed E-state index contributed by atoms with van der Waals surface area (Å²) in [6.45, 7) is 4.81. The number of benzene rings is 1. The van der Waals surface area contributed by atoms with Crippen molar-refractivity contribution in [2.24, 2.45) is 0 Å². The molecule has 0 aliphatic carbocycles. The Morgan fingerprint density at radius 2 is 1.89 bits per heavy atom. The molecule has 0 atom stereocenters. The van der Waals surface area contributed by atoms with E-state index >= 15 is 0 Å². The third-order valence-corrected chi connectivity index (χ3v) is 4.79. The second kappa shape index (κ2) is 7.22. The van der Waals surface area contributed by atoms with Crippen LogP contribution in [0, 0.1) is 6.92 Å². The van der Waals surface area contributed by atoms with E-state index in [1.807, 2.05) is 24.0 Å². The Morgan fingerprint density at radius 1 is 1.15 bits per heavy atom. The molecule has 2 aliphatic heterocycles. The molecule has 0 unspecified atom stereocenters. The molecule has 1 amide bonds. The summed E-state index contributed by atoms with van der Waals surface area (Å²) in [7, 11) is 0. The number of amides is 1. The zero-order chi connectivity index (χ0) is 18.8. The Hall–Kier alpha value is -3.16. The fraction of sp³-hybridized carbons (Fsp3) is 0.368. The number of aryl methyl sites for hydroxylation is 1. The lowest BCUT2D eigenvalue weighted by atomic mass is 10.1. The minimum absolute atomic E-state index is 0.00536. The van der Waals surface area contributed by atoms with Crippen molar-refractivity contribution in [3.8, 4) is 5.75 Å². The average molecular weight is 367 g/mol. The highest BCUT2D eigenvalue weighted by Crippen LogP contribution is 2.32. The zero-order valence-electron chi connectivity index (χ0n) is 15.2. The van der Waals surface area contributed by atoms with Crippen LogP contribution in [0.5, 0.6) is 5.75 Å². The SMILES string of the molecule is Cc1ccc2c(c1)N(CC(=O)N1CCN(c3ncccn3)CC1)CC(=O)O2. The van der Waals surface area contributed by atoms with Gasteiger partial charge in [-0.3, -0.25) is 4.79 Å². The van der Waals surface area contributed by atoms with Crippen LogP contribution >= 0.6 is 0 Å². The summed E-state index contributed by atoms with van der Waals surface area (Å²) >= 11 is 0. The molecule has 0 spiro atoms. The zero-order valence-corrected chi connectivity index (χ0v) is 15.2. The minimum atomic E-state index is -0.342. The van der Waals surface area contributed by atoms with E-state index in [1.165, 1.54) is 0 Å². The van der Waals surface area contributed by atoms with Gasteiger partial charge in [0.1, 0.15) is 6.54 Å². The molecule has 2 aromatic rings. The molecule has 8 heteroatoms. The molecule has 1 aromatic carbocycles. The summed E-state index contributed by atoms with van der Waals surface area (Å²) in [5.74, 6) is 0.861. The number of ether oxygens (including phenoxy) is 1. The van der Waals surface area contributed by atoms with Crippen molar-refractivity contribution in [1.82, 2.24) is 14.9 Å². The molecule has 0 bridgehead atoms. The second-order valence-corrected chi connectivity index (χ2v) is 6.72. The van der Waals surface area contributed by atoms with Crippen LogP contribution in [0.3, 0.4) is 0 Å². The first-order valence-corrected chi connectivity index (χ1v) is 8.96. The fourth-order valence-corrected chi connectivity index (χ4v) is 3.37. The van der Waals surface area contributed by atoms with E-state index < -0.39 is 0 Å². The van der Waals surface area contributed by atoms with Gasteiger partial charge < -0.3 is 19.4 Å². The molecule has 1 fully saturated rings. The molecule has 140 valence electrons. The molecule has 0 saturated carbocycles. The highest BCUT2D eigenvalue weighted by atomic mass is 16.5. The number of hydrogen-bond acceptors (Lipinski definition) is 7. The van der Waals surface area contributed by atoms with Crippen LogP contribution in [0.15, 0.2) is 36.7 Å². The van der Waals surface area contributed by atoms with Gasteiger partial charge in [0.25, 0.3) is 0 Å². The van der Waals surface area contributed by atoms with Gasteiger partial charge in [-0.25, -0.2) is 14.8 Å². The van der Waals surface area contributed by atoms with Crippen molar-refractivity contribution in [2.75, 3.05) is 49.1 Å². The standard InChI is InChI=1S/C19H21N5O3/c1-14-3-4-16-15(11-14)24(13-18(26)27-16)12-17(25)22-7-9-23(10-8-22)19-20-5-2-6-21-19/h2-6,11H,7-10,12-13H2,1H3. The molecule has 8 nitrogen and oxygen atoms in total. The summed E-state index contributed by atoms with van der Waals surface area (Å²) in [4.78, 5) is 38.9. The van der Waals surface area contributed by atoms with E-state index in [9.17, 15) is 9.59 Å². The first-order chi connectivity index (χ1) is 13.1. The normalized spacial score (nSPS) is 16.8. The molecule has 1 aromatic heterocycles. The van der Waals surface area contributed by atoms with Gasteiger partial charge in [-0.2, -0.15) is 0 Å². The quantitative estimate of drug-likeness (QED) is 0.588. The Kier molecular flexibility index (Phi) is 4.62. The van der Waals surface area contributed by atoms with Crippen LogP contribution in [0.2, 0.25) is 0 Å². The van der Waals surface area contributed by atoms with Crippen LogP contribution in [-0.2, 0) is 9.59 Å². The summed E-state index contributed by atoms with van der Waals surface area (Å²) in [6.07, 6.45) is 3.43. The Labute approximate surface area is 157 Å². The maximum absolute atomic E-state index is 12.8. The molecule has 3 heterocycles. The Balaban J connectivity index is 1.40. The van der Waals surface area contributed by atoms with Crippen molar-refractivity contribution < 1.29 is 14.3 Å². The maximum atomic E-state index is 12.8. The molecule has 0 radical (unpaired) electrons. The van der Waals surface area contributed by atoms with Gasteiger partial charge >= 0.3 is 5.97 Å². The Bertz CT molecular complexity index is 850. The number of hydrogen-bond donors (Lipinski definition) is 0. The number of piperazine rings is 1. The van der Waals surface area contributed by atoms with Crippen LogP contribution in [-0.4, -0.2) is 66.0 Å². The van der Waals surface area contributed by atoms with Gasteiger partial charge in [-0.15, -0.1) is 0 Å². The van der Waals surface area contributed by atoms with Gasteiger partial charge in [0.2, 0.25) is 11.9 Å². The van der Waals surface area contributed by atoms with Gasteiger partial charge in [-0.1, -0.05) is 6.07 Å². The molecule has 2 aliphatic rings. The third kappa shape index (κ3) is 3.69. The van der Waals surface area contributed by atoms with Crippen molar-refractivity contribution in [3.05, 3.63) is 42.2 Å². The van der Waals surface area contributed by atoms with Crippen LogP contribution in [0.1, 0.15) is 5.56 Å². The number of nitrogens with zero attached hydrogens (tertiary/aromatic N) is 5. The first kappa shape index (κ1) is 17.3. The molecule has 27 heavy (non-hydrogen) atoms. The number of rotatable bonds is 3. The van der Waals surface area contributed by atoms with Crippen LogP contribution in [0.25, 0.3) is 0 Å². The van der Waals surface area contributed by atoms with E-state index in [-0.39, 0.29) is 25.0 Å². The number of aromatic nitrogens is 2.